The predicted octanol–water partition coefficient (Wildman–Crippen LogP) is 3.06. The molecule has 3 nitrogen and oxygen atoms in total. The van der Waals surface area contributed by atoms with Gasteiger partial charge < -0.3 is 9.84 Å². The third-order valence-electron chi connectivity index (χ3n) is 2.98. The lowest BCUT2D eigenvalue weighted by Gasteiger charge is -2.07. The molecular formula is C16H19NO2. The highest BCUT2D eigenvalue weighted by Crippen LogP contribution is 2.13. The SMILES string of the molecule is Cc1ccc(OCCc2ccc(C(C)O)cn2)cc1. The summed E-state index contributed by atoms with van der Waals surface area (Å²) >= 11 is 0. The molecule has 0 spiro atoms. The Labute approximate surface area is 113 Å². The molecule has 0 aliphatic rings. The van der Waals surface area contributed by atoms with Crippen LogP contribution in [-0.4, -0.2) is 16.7 Å². The van der Waals surface area contributed by atoms with E-state index in [1.54, 1.807) is 13.1 Å². The van der Waals surface area contributed by atoms with Gasteiger partial charge in [-0.05, 0) is 37.6 Å². The van der Waals surface area contributed by atoms with E-state index in [2.05, 4.69) is 11.9 Å². The standard InChI is InChI=1S/C16H19NO2/c1-12-3-7-16(8-4-12)19-10-9-15-6-5-14(11-17-15)13(2)18/h3-8,11,13,18H,9-10H2,1-2H3. The molecule has 19 heavy (non-hydrogen) atoms. The quantitative estimate of drug-likeness (QED) is 0.895. The van der Waals surface area contributed by atoms with Crippen LogP contribution in [0.25, 0.3) is 0 Å². The van der Waals surface area contributed by atoms with Crippen LogP contribution in [0.2, 0.25) is 0 Å². The number of benzene rings is 1. The number of aryl methyl sites for hydroxylation is 1. The van der Waals surface area contributed by atoms with Crippen LogP contribution in [0.3, 0.4) is 0 Å². The molecule has 0 bridgehead atoms. The average Bonchev–Trinajstić information content (AvgIpc) is 2.41. The third kappa shape index (κ3) is 4.07. The molecule has 1 N–H and O–H groups in total. The van der Waals surface area contributed by atoms with Gasteiger partial charge in [-0.2, -0.15) is 0 Å². The maximum absolute atomic E-state index is 9.40. The first kappa shape index (κ1) is 13.6. The van der Waals surface area contributed by atoms with Gasteiger partial charge in [0.2, 0.25) is 0 Å². The summed E-state index contributed by atoms with van der Waals surface area (Å²) in [6.07, 6.45) is 2.00. The van der Waals surface area contributed by atoms with Gasteiger partial charge in [-0.3, -0.25) is 4.98 Å². The number of hydrogen-bond donors (Lipinski definition) is 1. The van der Waals surface area contributed by atoms with Gasteiger partial charge in [0.25, 0.3) is 0 Å². The molecule has 0 saturated carbocycles. The fraction of sp³-hybridized carbons (Fsp3) is 0.312. The van der Waals surface area contributed by atoms with E-state index < -0.39 is 6.10 Å². The van der Waals surface area contributed by atoms with Gasteiger partial charge in [0, 0.05) is 18.3 Å². The molecule has 1 heterocycles. The average molecular weight is 257 g/mol. The number of rotatable bonds is 5. The maximum Gasteiger partial charge on any atom is 0.119 e. The predicted molar refractivity (Wildman–Crippen MR) is 75.2 cm³/mol. The van der Waals surface area contributed by atoms with Gasteiger partial charge in [-0.1, -0.05) is 23.8 Å². The molecule has 100 valence electrons. The minimum atomic E-state index is -0.467. The number of aliphatic hydroxyl groups is 1. The van der Waals surface area contributed by atoms with Crippen molar-refractivity contribution >= 4 is 0 Å². The first-order chi connectivity index (χ1) is 9.15. The van der Waals surface area contributed by atoms with Crippen LogP contribution in [0.1, 0.15) is 29.8 Å². The maximum atomic E-state index is 9.40. The number of nitrogens with zero attached hydrogens (tertiary/aromatic N) is 1. The molecule has 2 aromatic rings. The van der Waals surface area contributed by atoms with Crippen molar-refractivity contribution in [3.8, 4) is 5.75 Å². The second kappa shape index (κ2) is 6.34. The van der Waals surface area contributed by atoms with Crippen molar-refractivity contribution < 1.29 is 9.84 Å². The molecule has 1 atom stereocenters. The Balaban J connectivity index is 1.83. The summed E-state index contributed by atoms with van der Waals surface area (Å²) in [5.74, 6) is 0.881. The van der Waals surface area contributed by atoms with E-state index in [0.717, 1.165) is 23.4 Å². The fourth-order valence-corrected chi connectivity index (χ4v) is 1.74. The van der Waals surface area contributed by atoms with Crippen LogP contribution in [0.5, 0.6) is 5.75 Å². The molecule has 1 aromatic carbocycles. The first-order valence-corrected chi connectivity index (χ1v) is 6.47. The lowest BCUT2D eigenvalue weighted by molar-refractivity contribution is 0.199. The molecule has 0 amide bonds. The number of hydrogen-bond acceptors (Lipinski definition) is 3. The van der Waals surface area contributed by atoms with E-state index >= 15 is 0 Å². The van der Waals surface area contributed by atoms with E-state index in [0.29, 0.717) is 6.61 Å². The highest BCUT2D eigenvalue weighted by molar-refractivity contribution is 5.26. The molecule has 0 aliphatic carbocycles. The minimum absolute atomic E-state index is 0.467. The lowest BCUT2D eigenvalue weighted by atomic mass is 10.1. The number of pyridine rings is 1. The monoisotopic (exact) mass is 257 g/mol. The second-order valence-electron chi connectivity index (χ2n) is 4.67. The summed E-state index contributed by atoms with van der Waals surface area (Å²) < 4.78 is 5.65. The topological polar surface area (TPSA) is 42.4 Å². The van der Waals surface area contributed by atoms with Gasteiger partial charge in [0.05, 0.1) is 12.7 Å². The highest BCUT2D eigenvalue weighted by Gasteiger charge is 2.02. The number of ether oxygens (including phenoxy) is 1. The number of aromatic nitrogens is 1. The molecule has 0 radical (unpaired) electrons. The van der Waals surface area contributed by atoms with Crippen LogP contribution in [0.15, 0.2) is 42.6 Å². The normalized spacial score (nSPS) is 12.2. The summed E-state index contributed by atoms with van der Waals surface area (Å²) in [5.41, 5.74) is 3.03. The van der Waals surface area contributed by atoms with Crippen LogP contribution in [0.4, 0.5) is 0 Å². The highest BCUT2D eigenvalue weighted by atomic mass is 16.5. The van der Waals surface area contributed by atoms with Crippen LogP contribution < -0.4 is 4.74 Å². The largest absolute Gasteiger partial charge is 0.493 e. The van der Waals surface area contributed by atoms with E-state index in [9.17, 15) is 5.11 Å². The van der Waals surface area contributed by atoms with Crippen molar-refractivity contribution in [2.45, 2.75) is 26.4 Å². The zero-order valence-corrected chi connectivity index (χ0v) is 11.3. The Bertz CT molecular complexity index is 503. The Morgan fingerprint density at radius 3 is 2.47 bits per heavy atom. The van der Waals surface area contributed by atoms with Crippen molar-refractivity contribution in [1.82, 2.24) is 4.98 Å². The minimum Gasteiger partial charge on any atom is -0.493 e. The van der Waals surface area contributed by atoms with Gasteiger partial charge in [0.1, 0.15) is 5.75 Å². The molecule has 1 unspecified atom stereocenters. The smallest absolute Gasteiger partial charge is 0.119 e. The fourth-order valence-electron chi connectivity index (χ4n) is 1.74. The molecule has 2 rings (SSSR count). The zero-order chi connectivity index (χ0) is 13.7. The summed E-state index contributed by atoms with van der Waals surface area (Å²) in [7, 11) is 0. The molecule has 0 aliphatic heterocycles. The van der Waals surface area contributed by atoms with Crippen molar-refractivity contribution in [2.24, 2.45) is 0 Å². The molecule has 3 heteroatoms. The summed E-state index contributed by atoms with van der Waals surface area (Å²) in [4.78, 5) is 4.31. The Morgan fingerprint density at radius 2 is 1.89 bits per heavy atom. The van der Waals surface area contributed by atoms with Gasteiger partial charge in [0.15, 0.2) is 0 Å². The van der Waals surface area contributed by atoms with Gasteiger partial charge in [-0.25, -0.2) is 0 Å². The van der Waals surface area contributed by atoms with E-state index in [1.807, 2.05) is 36.4 Å². The van der Waals surface area contributed by atoms with E-state index in [-0.39, 0.29) is 0 Å². The van der Waals surface area contributed by atoms with Crippen LogP contribution in [0, 0.1) is 6.92 Å². The third-order valence-corrected chi connectivity index (χ3v) is 2.98. The van der Waals surface area contributed by atoms with Gasteiger partial charge in [-0.15, -0.1) is 0 Å². The molecule has 1 aromatic heterocycles. The van der Waals surface area contributed by atoms with Gasteiger partial charge >= 0.3 is 0 Å². The second-order valence-corrected chi connectivity index (χ2v) is 4.67. The van der Waals surface area contributed by atoms with Crippen LogP contribution >= 0.6 is 0 Å². The molecular weight excluding hydrogens is 238 g/mol. The van der Waals surface area contributed by atoms with Crippen molar-refractivity contribution in [3.63, 3.8) is 0 Å². The first-order valence-electron chi connectivity index (χ1n) is 6.47. The number of aliphatic hydroxyl groups excluding tert-OH is 1. The van der Waals surface area contributed by atoms with E-state index in [1.165, 1.54) is 5.56 Å². The Morgan fingerprint density at radius 1 is 1.16 bits per heavy atom. The summed E-state index contributed by atoms with van der Waals surface area (Å²) in [6, 6.07) is 11.8. The van der Waals surface area contributed by atoms with Crippen molar-refractivity contribution in [3.05, 3.63) is 59.4 Å². The lowest BCUT2D eigenvalue weighted by Crippen LogP contribution is -2.03. The van der Waals surface area contributed by atoms with Crippen molar-refractivity contribution in [2.75, 3.05) is 6.61 Å². The summed E-state index contributed by atoms with van der Waals surface area (Å²) in [6.45, 7) is 4.39. The summed E-state index contributed by atoms with van der Waals surface area (Å²) in [5, 5.41) is 9.40. The van der Waals surface area contributed by atoms with Crippen molar-refractivity contribution in [1.29, 1.82) is 0 Å². The molecule has 0 saturated heterocycles. The Kier molecular flexibility index (Phi) is 4.53. The molecule has 0 fully saturated rings. The zero-order valence-electron chi connectivity index (χ0n) is 11.3. The van der Waals surface area contributed by atoms with Crippen LogP contribution in [-0.2, 0) is 6.42 Å². The van der Waals surface area contributed by atoms with E-state index in [4.69, 9.17) is 4.74 Å². The Hall–Kier alpha value is -1.87.